The largest absolute Gasteiger partial charge is 0.346 e. The zero-order valence-corrected chi connectivity index (χ0v) is 12.1. The van der Waals surface area contributed by atoms with Gasteiger partial charge in [-0.25, -0.2) is 4.98 Å². The first kappa shape index (κ1) is 12.8. The first-order valence-corrected chi connectivity index (χ1v) is 7.32. The Bertz CT molecular complexity index is 368. The van der Waals surface area contributed by atoms with Gasteiger partial charge in [0.1, 0.15) is 0 Å². The average molecular weight is 253 g/mol. The van der Waals surface area contributed by atoms with Gasteiger partial charge in [0.2, 0.25) is 0 Å². The molecule has 1 aromatic rings. The van der Waals surface area contributed by atoms with Crippen molar-refractivity contribution in [1.29, 1.82) is 0 Å². The lowest BCUT2D eigenvalue weighted by atomic mass is 10.0. The monoisotopic (exact) mass is 253 g/mol. The molecule has 1 aliphatic rings. The Hall–Kier alpha value is -0.610. The van der Waals surface area contributed by atoms with E-state index in [1.807, 2.05) is 0 Å². The number of aromatic nitrogens is 1. The van der Waals surface area contributed by atoms with Gasteiger partial charge < -0.3 is 10.2 Å². The van der Waals surface area contributed by atoms with E-state index in [0.29, 0.717) is 0 Å². The van der Waals surface area contributed by atoms with Gasteiger partial charge in [0.15, 0.2) is 5.13 Å². The van der Waals surface area contributed by atoms with Crippen LogP contribution in [-0.2, 0) is 6.54 Å². The Morgan fingerprint density at radius 2 is 2.24 bits per heavy atom. The molecule has 2 rings (SSSR count). The van der Waals surface area contributed by atoms with Crippen molar-refractivity contribution in [2.45, 2.75) is 58.2 Å². The van der Waals surface area contributed by atoms with Gasteiger partial charge in [0, 0.05) is 30.6 Å². The fraction of sp³-hybridized carbons (Fsp3) is 0.769. The van der Waals surface area contributed by atoms with Crippen molar-refractivity contribution in [1.82, 2.24) is 10.3 Å². The highest BCUT2D eigenvalue weighted by Gasteiger charge is 2.24. The molecule has 3 nitrogen and oxygen atoms in total. The Morgan fingerprint density at radius 3 is 2.82 bits per heavy atom. The topological polar surface area (TPSA) is 28.2 Å². The number of nitrogens with one attached hydrogen (secondary N) is 1. The van der Waals surface area contributed by atoms with Crippen molar-refractivity contribution in [2.24, 2.45) is 0 Å². The van der Waals surface area contributed by atoms with Crippen LogP contribution in [0.25, 0.3) is 0 Å². The van der Waals surface area contributed by atoms with Crippen LogP contribution in [0.1, 0.15) is 45.7 Å². The minimum atomic E-state index is 0.180. The molecule has 0 unspecified atom stereocenters. The molecular formula is C13H23N3S. The fourth-order valence-corrected chi connectivity index (χ4v) is 2.52. The fourth-order valence-electron chi connectivity index (χ4n) is 1.56. The van der Waals surface area contributed by atoms with Crippen molar-refractivity contribution in [3.05, 3.63) is 11.1 Å². The van der Waals surface area contributed by atoms with Crippen molar-refractivity contribution < 1.29 is 0 Å². The van der Waals surface area contributed by atoms with E-state index in [0.717, 1.165) is 24.1 Å². The highest BCUT2D eigenvalue weighted by Crippen LogP contribution is 2.28. The van der Waals surface area contributed by atoms with Crippen LogP contribution in [0.3, 0.4) is 0 Å². The summed E-state index contributed by atoms with van der Waals surface area (Å²) in [6.07, 6.45) is 3.79. The second-order valence-electron chi connectivity index (χ2n) is 5.50. The molecule has 1 saturated carbocycles. The minimum absolute atomic E-state index is 0.180. The average Bonchev–Trinajstić information content (AvgIpc) is 3.03. The molecule has 0 amide bonds. The first-order chi connectivity index (χ1) is 8.03. The number of anilines is 1. The molecule has 1 aromatic heterocycles. The summed E-state index contributed by atoms with van der Waals surface area (Å²) in [5, 5.41) is 6.81. The Kier molecular flexibility index (Phi) is 3.73. The Labute approximate surface area is 108 Å². The van der Waals surface area contributed by atoms with Crippen molar-refractivity contribution >= 4 is 16.5 Å². The molecule has 1 fully saturated rings. The van der Waals surface area contributed by atoms with E-state index in [4.69, 9.17) is 4.98 Å². The molecule has 1 aliphatic carbocycles. The second-order valence-corrected chi connectivity index (χ2v) is 6.34. The van der Waals surface area contributed by atoms with Crippen LogP contribution in [0.4, 0.5) is 5.13 Å². The van der Waals surface area contributed by atoms with Gasteiger partial charge >= 0.3 is 0 Å². The van der Waals surface area contributed by atoms with Crippen LogP contribution in [-0.4, -0.2) is 23.6 Å². The molecule has 1 N–H and O–H groups in total. The maximum Gasteiger partial charge on any atom is 0.185 e. The van der Waals surface area contributed by atoms with E-state index in [1.54, 1.807) is 11.3 Å². The summed E-state index contributed by atoms with van der Waals surface area (Å²) in [5.74, 6) is 0. The SMILES string of the molecule is CCC(C)(C)N(C)c1nc(CNC2CC2)cs1. The summed E-state index contributed by atoms with van der Waals surface area (Å²) in [6, 6.07) is 0.755. The van der Waals surface area contributed by atoms with Gasteiger partial charge in [-0.3, -0.25) is 0 Å². The maximum absolute atomic E-state index is 4.71. The molecule has 17 heavy (non-hydrogen) atoms. The number of hydrogen-bond acceptors (Lipinski definition) is 4. The van der Waals surface area contributed by atoms with Crippen molar-refractivity contribution in [3.8, 4) is 0 Å². The summed E-state index contributed by atoms with van der Waals surface area (Å²) < 4.78 is 0. The third kappa shape index (κ3) is 3.19. The van der Waals surface area contributed by atoms with Gasteiger partial charge in [-0.2, -0.15) is 0 Å². The first-order valence-electron chi connectivity index (χ1n) is 6.44. The molecule has 0 aliphatic heterocycles. The predicted molar refractivity (Wildman–Crippen MR) is 74.7 cm³/mol. The van der Waals surface area contributed by atoms with Gasteiger partial charge in [-0.1, -0.05) is 6.92 Å². The quantitative estimate of drug-likeness (QED) is 0.844. The number of nitrogens with zero attached hydrogens (tertiary/aromatic N) is 2. The van der Waals surface area contributed by atoms with Crippen LogP contribution >= 0.6 is 11.3 Å². The maximum atomic E-state index is 4.71. The lowest BCUT2D eigenvalue weighted by Gasteiger charge is -2.34. The summed E-state index contributed by atoms with van der Waals surface area (Å²) >= 11 is 1.75. The highest BCUT2D eigenvalue weighted by molar-refractivity contribution is 7.13. The molecule has 96 valence electrons. The van der Waals surface area contributed by atoms with E-state index in [-0.39, 0.29) is 5.54 Å². The lowest BCUT2D eigenvalue weighted by Crippen LogP contribution is -2.40. The van der Waals surface area contributed by atoms with Crippen LogP contribution in [0.15, 0.2) is 5.38 Å². The smallest absolute Gasteiger partial charge is 0.185 e. The number of rotatable bonds is 6. The molecule has 0 bridgehead atoms. The summed E-state index contributed by atoms with van der Waals surface area (Å²) in [6.45, 7) is 7.66. The lowest BCUT2D eigenvalue weighted by molar-refractivity contribution is 0.469. The Morgan fingerprint density at radius 1 is 1.53 bits per heavy atom. The van der Waals surface area contributed by atoms with Crippen LogP contribution in [0.5, 0.6) is 0 Å². The molecule has 0 saturated heterocycles. The molecule has 0 spiro atoms. The zero-order chi connectivity index (χ0) is 12.5. The summed E-state index contributed by atoms with van der Waals surface area (Å²) in [7, 11) is 2.14. The highest BCUT2D eigenvalue weighted by atomic mass is 32.1. The van der Waals surface area contributed by atoms with E-state index in [2.05, 4.69) is 43.4 Å². The molecule has 0 atom stereocenters. The predicted octanol–water partition coefficient (Wildman–Crippen LogP) is 3.02. The Balaban J connectivity index is 1.96. The second kappa shape index (κ2) is 4.94. The molecular weight excluding hydrogens is 230 g/mol. The molecule has 1 heterocycles. The summed E-state index contributed by atoms with van der Waals surface area (Å²) in [5.41, 5.74) is 1.36. The van der Waals surface area contributed by atoms with Gasteiger partial charge in [0.05, 0.1) is 5.69 Å². The number of hydrogen-bond donors (Lipinski definition) is 1. The van der Waals surface area contributed by atoms with E-state index >= 15 is 0 Å². The van der Waals surface area contributed by atoms with E-state index < -0.39 is 0 Å². The minimum Gasteiger partial charge on any atom is -0.346 e. The van der Waals surface area contributed by atoms with Crippen molar-refractivity contribution in [2.75, 3.05) is 11.9 Å². The number of thiazole rings is 1. The van der Waals surface area contributed by atoms with Crippen LogP contribution in [0.2, 0.25) is 0 Å². The van der Waals surface area contributed by atoms with Crippen molar-refractivity contribution in [3.63, 3.8) is 0 Å². The van der Waals surface area contributed by atoms with Gasteiger partial charge in [-0.05, 0) is 33.1 Å². The third-order valence-electron chi connectivity index (χ3n) is 3.75. The third-order valence-corrected chi connectivity index (χ3v) is 4.71. The standard InChI is InChI=1S/C13H23N3S/c1-5-13(2,3)16(4)12-15-11(9-17-12)8-14-10-6-7-10/h9-10,14H,5-8H2,1-4H3. The van der Waals surface area contributed by atoms with Crippen LogP contribution < -0.4 is 10.2 Å². The van der Waals surface area contributed by atoms with Gasteiger partial charge in [-0.15, -0.1) is 11.3 Å². The normalized spacial score (nSPS) is 16.2. The van der Waals surface area contributed by atoms with E-state index in [1.165, 1.54) is 18.5 Å². The summed E-state index contributed by atoms with van der Waals surface area (Å²) in [4.78, 5) is 7.00. The molecule has 0 aromatic carbocycles. The van der Waals surface area contributed by atoms with Gasteiger partial charge in [0.25, 0.3) is 0 Å². The zero-order valence-electron chi connectivity index (χ0n) is 11.3. The van der Waals surface area contributed by atoms with Crippen LogP contribution in [0, 0.1) is 0 Å². The molecule has 0 radical (unpaired) electrons. The van der Waals surface area contributed by atoms with E-state index in [9.17, 15) is 0 Å². The molecule has 4 heteroatoms.